The van der Waals surface area contributed by atoms with Crippen LogP contribution in [0.5, 0.6) is 0 Å². The average molecular weight is 376 g/mol. The van der Waals surface area contributed by atoms with E-state index >= 15 is 0 Å². The normalized spacial score (nSPS) is 10.1. The minimum Gasteiger partial charge on any atom is -0.325 e. The number of aryl methyl sites for hydroxylation is 2. The van der Waals surface area contributed by atoms with Crippen molar-refractivity contribution in [1.29, 1.82) is 5.26 Å². The van der Waals surface area contributed by atoms with Crippen molar-refractivity contribution in [3.05, 3.63) is 51.6 Å². The van der Waals surface area contributed by atoms with E-state index in [0.717, 1.165) is 21.4 Å². The smallest absolute Gasteiger partial charge is 0.234 e. The summed E-state index contributed by atoms with van der Waals surface area (Å²) in [5.74, 6) is 0.0739. The maximum atomic E-state index is 12.0. The van der Waals surface area contributed by atoms with Crippen LogP contribution >= 0.6 is 27.7 Å². The number of carbonyl (C=O) groups excluding carboxylic acids is 1. The molecule has 6 heteroatoms. The van der Waals surface area contributed by atoms with E-state index in [4.69, 9.17) is 0 Å². The number of hydrogen-bond acceptors (Lipinski definition) is 4. The number of nitrogens with zero attached hydrogens (tertiary/aromatic N) is 2. The fourth-order valence-corrected chi connectivity index (χ4v) is 3.24. The van der Waals surface area contributed by atoms with Crippen LogP contribution < -0.4 is 5.32 Å². The summed E-state index contributed by atoms with van der Waals surface area (Å²) in [6, 6.07) is 11.4. The SMILES string of the molecule is Cc1cc(C)c(C#N)c(SCC(=O)Nc2cccc(Br)c2)n1. The summed E-state index contributed by atoms with van der Waals surface area (Å²) in [4.78, 5) is 16.4. The van der Waals surface area contributed by atoms with Gasteiger partial charge in [-0.3, -0.25) is 4.79 Å². The van der Waals surface area contributed by atoms with Gasteiger partial charge in [-0.05, 0) is 43.7 Å². The van der Waals surface area contributed by atoms with Gasteiger partial charge in [0.05, 0.1) is 11.3 Å². The Morgan fingerprint density at radius 1 is 1.41 bits per heavy atom. The summed E-state index contributed by atoms with van der Waals surface area (Å²) >= 11 is 4.63. The Hall–Kier alpha value is -1.84. The third-order valence-corrected chi connectivity index (χ3v) is 4.34. The molecule has 1 aromatic heterocycles. The number of carbonyl (C=O) groups is 1. The number of thioether (sulfide) groups is 1. The molecule has 0 radical (unpaired) electrons. The third kappa shape index (κ3) is 4.33. The molecule has 22 heavy (non-hydrogen) atoms. The minimum absolute atomic E-state index is 0.132. The Bertz CT molecular complexity index is 756. The first kappa shape index (κ1) is 16.5. The lowest BCUT2D eigenvalue weighted by molar-refractivity contribution is -0.113. The summed E-state index contributed by atoms with van der Waals surface area (Å²) in [7, 11) is 0. The zero-order valence-electron chi connectivity index (χ0n) is 12.2. The van der Waals surface area contributed by atoms with Crippen molar-refractivity contribution in [2.24, 2.45) is 0 Å². The van der Waals surface area contributed by atoms with E-state index in [-0.39, 0.29) is 11.7 Å². The lowest BCUT2D eigenvalue weighted by Crippen LogP contribution is -2.14. The second-order valence-electron chi connectivity index (χ2n) is 4.72. The van der Waals surface area contributed by atoms with E-state index in [1.165, 1.54) is 11.8 Å². The molecule has 0 aliphatic heterocycles. The Kier molecular flexibility index (Phi) is 5.58. The maximum absolute atomic E-state index is 12.0. The zero-order chi connectivity index (χ0) is 16.1. The summed E-state index contributed by atoms with van der Waals surface area (Å²) in [5, 5.41) is 12.6. The highest BCUT2D eigenvalue weighted by molar-refractivity contribution is 9.10. The Morgan fingerprint density at radius 2 is 2.18 bits per heavy atom. The Balaban J connectivity index is 2.04. The lowest BCUT2D eigenvalue weighted by Gasteiger charge is -2.08. The van der Waals surface area contributed by atoms with Crippen molar-refractivity contribution in [1.82, 2.24) is 4.98 Å². The Morgan fingerprint density at radius 3 is 2.86 bits per heavy atom. The van der Waals surface area contributed by atoms with Gasteiger partial charge in [0.1, 0.15) is 11.1 Å². The monoisotopic (exact) mass is 375 g/mol. The molecule has 4 nitrogen and oxygen atoms in total. The number of amides is 1. The summed E-state index contributed by atoms with van der Waals surface area (Å²) in [6.45, 7) is 3.75. The molecule has 1 amide bonds. The predicted molar refractivity (Wildman–Crippen MR) is 91.9 cm³/mol. The van der Waals surface area contributed by atoms with Crippen LogP contribution in [0.25, 0.3) is 0 Å². The van der Waals surface area contributed by atoms with Gasteiger partial charge in [0.15, 0.2) is 0 Å². The molecule has 2 aromatic rings. The molecule has 0 saturated heterocycles. The van der Waals surface area contributed by atoms with Crippen LogP contribution in [0.3, 0.4) is 0 Å². The van der Waals surface area contributed by atoms with Gasteiger partial charge in [0.25, 0.3) is 0 Å². The summed E-state index contributed by atoms with van der Waals surface area (Å²) < 4.78 is 0.903. The van der Waals surface area contributed by atoms with Gasteiger partial charge in [-0.25, -0.2) is 4.98 Å². The average Bonchev–Trinajstić information content (AvgIpc) is 2.44. The topological polar surface area (TPSA) is 65.8 Å². The molecule has 1 aromatic carbocycles. The number of rotatable bonds is 4. The largest absolute Gasteiger partial charge is 0.325 e. The molecule has 112 valence electrons. The van der Waals surface area contributed by atoms with Crippen molar-refractivity contribution in [2.75, 3.05) is 11.1 Å². The van der Waals surface area contributed by atoms with Crippen molar-refractivity contribution >= 4 is 39.3 Å². The van der Waals surface area contributed by atoms with Crippen molar-refractivity contribution in [2.45, 2.75) is 18.9 Å². The van der Waals surface area contributed by atoms with Crippen LogP contribution in [-0.2, 0) is 4.79 Å². The van der Waals surface area contributed by atoms with Crippen LogP contribution in [0, 0.1) is 25.2 Å². The van der Waals surface area contributed by atoms with Crippen LogP contribution in [0.2, 0.25) is 0 Å². The van der Waals surface area contributed by atoms with Gasteiger partial charge in [-0.15, -0.1) is 0 Å². The fraction of sp³-hybridized carbons (Fsp3) is 0.188. The standard InChI is InChI=1S/C16H14BrN3OS/c1-10-6-11(2)19-16(14(10)8-18)22-9-15(21)20-13-5-3-4-12(17)7-13/h3-7H,9H2,1-2H3,(H,20,21). The number of nitriles is 1. The van der Waals surface area contributed by atoms with Gasteiger partial charge < -0.3 is 5.32 Å². The van der Waals surface area contributed by atoms with Crippen molar-refractivity contribution < 1.29 is 4.79 Å². The van der Waals surface area contributed by atoms with Crippen molar-refractivity contribution in [3.63, 3.8) is 0 Å². The highest BCUT2D eigenvalue weighted by Crippen LogP contribution is 2.24. The molecule has 0 saturated carbocycles. The number of anilines is 1. The second-order valence-corrected chi connectivity index (χ2v) is 6.60. The first-order valence-electron chi connectivity index (χ1n) is 6.56. The van der Waals surface area contributed by atoms with Gasteiger partial charge in [0, 0.05) is 15.9 Å². The summed E-state index contributed by atoms with van der Waals surface area (Å²) in [6.07, 6.45) is 0. The molecule has 0 unspecified atom stereocenters. The van der Waals surface area contributed by atoms with E-state index in [2.05, 4.69) is 32.3 Å². The van der Waals surface area contributed by atoms with Gasteiger partial charge in [-0.1, -0.05) is 33.8 Å². The molecular weight excluding hydrogens is 362 g/mol. The summed E-state index contributed by atoms with van der Waals surface area (Å²) in [5.41, 5.74) is 2.98. The highest BCUT2D eigenvalue weighted by atomic mass is 79.9. The molecule has 0 atom stereocenters. The molecule has 0 aliphatic carbocycles. The van der Waals surface area contributed by atoms with E-state index in [1.54, 1.807) is 0 Å². The van der Waals surface area contributed by atoms with Gasteiger partial charge in [-0.2, -0.15) is 5.26 Å². The lowest BCUT2D eigenvalue weighted by atomic mass is 10.1. The number of benzene rings is 1. The number of hydrogen-bond donors (Lipinski definition) is 1. The van der Waals surface area contributed by atoms with E-state index < -0.39 is 0 Å². The molecule has 2 rings (SSSR count). The number of halogens is 1. The van der Waals surface area contributed by atoms with Crippen LogP contribution in [0.15, 0.2) is 39.8 Å². The van der Waals surface area contributed by atoms with Crippen molar-refractivity contribution in [3.8, 4) is 6.07 Å². The molecule has 1 heterocycles. The number of aromatic nitrogens is 1. The predicted octanol–water partition coefficient (Wildman–Crippen LogP) is 4.06. The molecule has 1 N–H and O–H groups in total. The Labute approximate surface area is 142 Å². The third-order valence-electron chi connectivity index (χ3n) is 2.87. The van der Waals surface area contributed by atoms with Crippen LogP contribution in [-0.4, -0.2) is 16.6 Å². The first-order chi connectivity index (χ1) is 10.5. The van der Waals surface area contributed by atoms with E-state index in [0.29, 0.717) is 10.6 Å². The second kappa shape index (κ2) is 7.43. The van der Waals surface area contributed by atoms with E-state index in [9.17, 15) is 10.1 Å². The molecular formula is C16H14BrN3OS. The quantitative estimate of drug-likeness (QED) is 0.818. The van der Waals surface area contributed by atoms with E-state index in [1.807, 2.05) is 44.2 Å². The van der Waals surface area contributed by atoms with Crippen LogP contribution in [0.4, 0.5) is 5.69 Å². The molecule has 0 spiro atoms. The van der Waals surface area contributed by atoms with Crippen LogP contribution in [0.1, 0.15) is 16.8 Å². The highest BCUT2D eigenvalue weighted by Gasteiger charge is 2.11. The number of nitrogens with one attached hydrogen (secondary N) is 1. The molecule has 0 aliphatic rings. The number of pyridine rings is 1. The molecule has 0 bridgehead atoms. The van der Waals surface area contributed by atoms with Gasteiger partial charge >= 0.3 is 0 Å². The van der Waals surface area contributed by atoms with Gasteiger partial charge in [0.2, 0.25) is 5.91 Å². The fourth-order valence-electron chi connectivity index (χ4n) is 1.94. The molecule has 0 fully saturated rings. The minimum atomic E-state index is -0.132. The first-order valence-corrected chi connectivity index (χ1v) is 8.34. The maximum Gasteiger partial charge on any atom is 0.234 e. The zero-order valence-corrected chi connectivity index (χ0v) is 14.6.